The Morgan fingerprint density at radius 1 is 1.19 bits per heavy atom. The Balaban J connectivity index is 1.52. The lowest BCUT2D eigenvalue weighted by Gasteiger charge is -2.07. The smallest absolute Gasteiger partial charge is 0.270 e. The Morgan fingerprint density at radius 3 is 2.78 bits per heavy atom. The number of fused-ring (bicyclic) bond motifs is 1. The van der Waals surface area contributed by atoms with Crippen molar-refractivity contribution in [3.8, 4) is 0 Å². The van der Waals surface area contributed by atoms with Crippen molar-refractivity contribution in [2.45, 2.75) is 26.7 Å². The molecule has 0 atom stereocenters. The molecule has 0 bridgehead atoms. The maximum atomic E-state index is 13.1. The third-order valence-electron chi connectivity index (χ3n) is 4.21. The number of aromatic nitrogens is 2. The zero-order chi connectivity index (χ0) is 19.4. The number of benzene rings is 1. The molecule has 3 rings (SSSR count). The molecule has 2 amide bonds. The van der Waals surface area contributed by atoms with Gasteiger partial charge in [-0.1, -0.05) is 12.1 Å². The summed E-state index contributed by atoms with van der Waals surface area (Å²) in [5.41, 5.74) is 3.33. The van der Waals surface area contributed by atoms with Gasteiger partial charge in [0, 0.05) is 24.8 Å². The van der Waals surface area contributed by atoms with Gasteiger partial charge in [-0.2, -0.15) is 0 Å². The summed E-state index contributed by atoms with van der Waals surface area (Å²) in [5.74, 6) is -0.855. The number of hydrogen-bond acceptors (Lipinski definition) is 3. The molecule has 0 aliphatic carbocycles. The minimum absolute atomic E-state index is 0.224. The van der Waals surface area contributed by atoms with E-state index in [1.165, 1.54) is 18.2 Å². The van der Waals surface area contributed by atoms with Gasteiger partial charge in [0.05, 0.1) is 5.69 Å². The van der Waals surface area contributed by atoms with Crippen LogP contribution in [0.4, 0.5) is 10.1 Å². The number of rotatable bonds is 6. The van der Waals surface area contributed by atoms with Gasteiger partial charge in [0.2, 0.25) is 5.91 Å². The van der Waals surface area contributed by atoms with Crippen LogP contribution in [0.1, 0.15) is 34.6 Å². The number of nitrogens with one attached hydrogen (secondary N) is 2. The second kappa shape index (κ2) is 7.99. The predicted octanol–water partition coefficient (Wildman–Crippen LogP) is 3.24. The lowest BCUT2D eigenvalue weighted by atomic mass is 10.2. The molecule has 2 heterocycles. The van der Waals surface area contributed by atoms with E-state index < -0.39 is 5.82 Å². The Morgan fingerprint density at radius 2 is 2.00 bits per heavy atom. The molecule has 140 valence electrons. The van der Waals surface area contributed by atoms with Gasteiger partial charge in [-0.25, -0.2) is 9.37 Å². The van der Waals surface area contributed by atoms with E-state index in [9.17, 15) is 14.0 Å². The lowest BCUT2D eigenvalue weighted by Crippen LogP contribution is -2.27. The van der Waals surface area contributed by atoms with Crippen LogP contribution in [0.5, 0.6) is 0 Å². The molecule has 0 aliphatic rings. The highest BCUT2D eigenvalue weighted by molar-refractivity contribution is 5.95. The van der Waals surface area contributed by atoms with E-state index in [1.54, 1.807) is 17.4 Å². The van der Waals surface area contributed by atoms with Crippen LogP contribution in [0, 0.1) is 19.7 Å². The SMILES string of the molecule is Cc1nc2c(C)cccn2c1C(=O)NCCCC(=O)Nc1cccc(F)c1. The quantitative estimate of drug-likeness (QED) is 0.656. The second-order valence-electron chi connectivity index (χ2n) is 6.35. The summed E-state index contributed by atoms with van der Waals surface area (Å²) in [6, 6.07) is 9.55. The second-order valence-corrected chi connectivity index (χ2v) is 6.35. The maximum Gasteiger partial charge on any atom is 0.270 e. The van der Waals surface area contributed by atoms with Crippen molar-refractivity contribution in [2.75, 3.05) is 11.9 Å². The van der Waals surface area contributed by atoms with Crippen molar-refractivity contribution >= 4 is 23.1 Å². The standard InChI is InChI=1S/C20H21FN4O2/c1-13-6-5-11-25-18(14(2)23-19(13)25)20(27)22-10-4-9-17(26)24-16-8-3-7-15(21)12-16/h3,5-8,11-12H,4,9-10H2,1-2H3,(H,22,27)(H,24,26). The largest absolute Gasteiger partial charge is 0.351 e. The van der Waals surface area contributed by atoms with Crippen LogP contribution in [-0.2, 0) is 4.79 Å². The fraction of sp³-hybridized carbons (Fsp3) is 0.250. The third kappa shape index (κ3) is 4.31. The fourth-order valence-electron chi connectivity index (χ4n) is 2.92. The van der Waals surface area contributed by atoms with Crippen molar-refractivity contribution < 1.29 is 14.0 Å². The highest BCUT2D eigenvalue weighted by Crippen LogP contribution is 2.15. The molecule has 27 heavy (non-hydrogen) atoms. The highest BCUT2D eigenvalue weighted by Gasteiger charge is 2.17. The van der Waals surface area contributed by atoms with E-state index in [0.717, 1.165) is 11.2 Å². The van der Waals surface area contributed by atoms with Gasteiger partial charge >= 0.3 is 0 Å². The van der Waals surface area contributed by atoms with Crippen LogP contribution in [0.25, 0.3) is 5.65 Å². The van der Waals surface area contributed by atoms with Crippen molar-refractivity contribution in [3.63, 3.8) is 0 Å². The van der Waals surface area contributed by atoms with Crippen LogP contribution in [0.2, 0.25) is 0 Å². The zero-order valence-electron chi connectivity index (χ0n) is 15.3. The van der Waals surface area contributed by atoms with Crippen LogP contribution in [-0.4, -0.2) is 27.7 Å². The molecule has 2 aromatic heterocycles. The molecule has 6 nitrogen and oxygen atoms in total. The molecule has 0 spiro atoms. The first-order chi connectivity index (χ1) is 13.0. The van der Waals surface area contributed by atoms with Gasteiger partial charge in [-0.15, -0.1) is 0 Å². The number of imidazole rings is 1. The topological polar surface area (TPSA) is 75.5 Å². The molecule has 0 aliphatic heterocycles. The molecule has 0 unspecified atom stereocenters. The molecule has 0 saturated heterocycles. The molecular formula is C20H21FN4O2. The van der Waals surface area contributed by atoms with E-state index in [4.69, 9.17) is 0 Å². The van der Waals surface area contributed by atoms with Crippen LogP contribution >= 0.6 is 0 Å². The van der Waals surface area contributed by atoms with E-state index in [2.05, 4.69) is 15.6 Å². The predicted molar refractivity (Wildman–Crippen MR) is 101 cm³/mol. The Hall–Kier alpha value is -3.22. The Labute approximate surface area is 156 Å². The van der Waals surface area contributed by atoms with Gasteiger partial charge in [0.15, 0.2) is 0 Å². The summed E-state index contributed by atoms with van der Waals surface area (Å²) in [4.78, 5) is 28.9. The first kappa shape index (κ1) is 18.6. The van der Waals surface area contributed by atoms with Gasteiger partial charge in [0.25, 0.3) is 5.91 Å². The van der Waals surface area contributed by atoms with Crippen molar-refractivity contribution in [1.29, 1.82) is 0 Å². The average molecular weight is 368 g/mol. The Bertz CT molecular complexity index is 997. The Kier molecular flexibility index (Phi) is 5.49. The molecule has 0 fully saturated rings. The first-order valence-corrected chi connectivity index (χ1v) is 8.73. The molecular weight excluding hydrogens is 347 g/mol. The van der Waals surface area contributed by atoms with E-state index in [-0.39, 0.29) is 18.2 Å². The highest BCUT2D eigenvalue weighted by atomic mass is 19.1. The number of anilines is 1. The van der Waals surface area contributed by atoms with E-state index >= 15 is 0 Å². The number of amides is 2. The summed E-state index contributed by atoms with van der Waals surface area (Å²) in [7, 11) is 0. The third-order valence-corrected chi connectivity index (χ3v) is 4.21. The summed E-state index contributed by atoms with van der Waals surface area (Å²) >= 11 is 0. The monoisotopic (exact) mass is 368 g/mol. The van der Waals surface area contributed by atoms with Crippen LogP contribution < -0.4 is 10.6 Å². The molecule has 0 saturated carbocycles. The van der Waals surface area contributed by atoms with E-state index in [1.807, 2.05) is 25.3 Å². The maximum absolute atomic E-state index is 13.1. The lowest BCUT2D eigenvalue weighted by molar-refractivity contribution is -0.116. The summed E-state index contributed by atoms with van der Waals surface area (Å²) in [6.45, 7) is 4.10. The van der Waals surface area contributed by atoms with Gasteiger partial charge < -0.3 is 10.6 Å². The van der Waals surface area contributed by atoms with Crippen LogP contribution in [0.15, 0.2) is 42.6 Å². The zero-order valence-corrected chi connectivity index (χ0v) is 15.3. The molecule has 7 heteroatoms. The fourth-order valence-corrected chi connectivity index (χ4v) is 2.92. The van der Waals surface area contributed by atoms with Crippen molar-refractivity contribution in [1.82, 2.24) is 14.7 Å². The summed E-state index contributed by atoms with van der Waals surface area (Å²) in [6.07, 6.45) is 2.51. The molecule has 3 aromatic rings. The number of pyridine rings is 1. The molecule has 1 aromatic carbocycles. The van der Waals surface area contributed by atoms with Gasteiger partial charge in [-0.3, -0.25) is 14.0 Å². The normalized spacial score (nSPS) is 10.8. The van der Waals surface area contributed by atoms with Crippen molar-refractivity contribution in [2.24, 2.45) is 0 Å². The number of carbonyl (C=O) groups excluding carboxylic acids is 2. The first-order valence-electron chi connectivity index (χ1n) is 8.73. The number of carbonyl (C=O) groups is 2. The number of aryl methyl sites for hydroxylation is 2. The minimum Gasteiger partial charge on any atom is -0.351 e. The minimum atomic E-state index is -0.404. The molecule has 0 radical (unpaired) electrons. The number of halogens is 1. The average Bonchev–Trinajstić information content (AvgIpc) is 2.96. The summed E-state index contributed by atoms with van der Waals surface area (Å²) in [5, 5.41) is 5.46. The summed E-state index contributed by atoms with van der Waals surface area (Å²) < 4.78 is 14.9. The van der Waals surface area contributed by atoms with Gasteiger partial charge in [0.1, 0.15) is 17.2 Å². The van der Waals surface area contributed by atoms with Gasteiger partial charge in [-0.05, 0) is 50.1 Å². The van der Waals surface area contributed by atoms with Crippen LogP contribution in [0.3, 0.4) is 0 Å². The number of hydrogen-bond donors (Lipinski definition) is 2. The number of nitrogens with zero attached hydrogens (tertiary/aromatic N) is 2. The van der Waals surface area contributed by atoms with E-state index in [0.29, 0.717) is 30.0 Å². The molecule has 2 N–H and O–H groups in total. The van der Waals surface area contributed by atoms with Crippen molar-refractivity contribution in [3.05, 3.63) is 65.4 Å².